The summed E-state index contributed by atoms with van der Waals surface area (Å²) in [6.45, 7) is 1.79. The van der Waals surface area contributed by atoms with Gasteiger partial charge in [0.2, 0.25) is 5.91 Å². The van der Waals surface area contributed by atoms with Gasteiger partial charge in [0.25, 0.3) is 5.91 Å². The number of hydrogen-bond donors (Lipinski definition) is 2. The number of piperazine rings is 1. The topological polar surface area (TPSA) is 133 Å². The highest BCUT2D eigenvalue weighted by Crippen LogP contribution is 2.31. The number of hydrogen-bond acceptors (Lipinski definition) is 8. The van der Waals surface area contributed by atoms with Crippen LogP contribution >= 0.6 is 0 Å². The zero-order valence-corrected chi connectivity index (χ0v) is 20.4. The molecule has 2 aliphatic heterocycles. The maximum absolute atomic E-state index is 14.9. The van der Waals surface area contributed by atoms with Crippen LogP contribution in [0.5, 0.6) is 0 Å². The summed E-state index contributed by atoms with van der Waals surface area (Å²) in [6.07, 6.45) is 3.12. The van der Waals surface area contributed by atoms with Crippen molar-refractivity contribution in [3.63, 3.8) is 0 Å². The van der Waals surface area contributed by atoms with Crippen LogP contribution in [0.3, 0.4) is 0 Å². The van der Waals surface area contributed by atoms with E-state index in [1.165, 1.54) is 22.2 Å². The second-order valence-corrected chi connectivity index (χ2v) is 8.96. The third-order valence-electron chi connectivity index (χ3n) is 6.56. The molecule has 0 saturated carbocycles. The third kappa shape index (κ3) is 4.69. The molecule has 2 fully saturated rings. The Balaban J connectivity index is 1.18. The Morgan fingerprint density at radius 1 is 1.18 bits per heavy atom. The minimum atomic E-state index is -0.856. The molecule has 38 heavy (non-hydrogen) atoms. The molecule has 1 unspecified atom stereocenters. The zero-order chi connectivity index (χ0) is 27.0. The van der Waals surface area contributed by atoms with Gasteiger partial charge in [-0.1, -0.05) is 0 Å². The summed E-state index contributed by atoms with van der Waals surface area (Å²) in [5.74, 6) is -2.49. The van der Waals surface area contributed by atoms with E-state index in [2.05, 4.69) is 15.3 Å². The lowest BCUT2D eigenvalue weighted by molar-refractivity contribution is -0.130. The Morgan fingerprint density at radius 2 is 1.89 bits per heavy atom. The van der Waals surface area contributed by atoms with Gasteiger partial charge < -0.3 is 25.0 Å². The molecule has 14 heteroatoms. The lowest BCUT2D eigenvalue weighted by Gasteiger charge is -2.36. The number of benzene rings is 1. The SMILES string of the molecule is Cc1nc2cnccn2c1C(=O)NCC(=O)N1CCN(c2c(F)cc(N3CC(CO)OC3=O)cc2F)CC1. The van der Waals surface area contributed by atoms with Gasteiger partial charge in [0.15, 0.2) is 17.3 Å². The van der Waals surface area contributed by atoms with Crippen LogP contribution in [0.4, 0.5) is 25.0 Å². The summed E-state index contributed by atoms with van der Waals surface area (Å²) >= 11 is 0. The first-order valence-corrected chi connectivity index (χ1v) is 11.9. The number of nitrogens with zero attached hydrogens (tertiary/aromatic N) is 6. The number of imidazole rings is 1. The number of carbonyl (C=O) groups is 3. The van der Waals surface area contributed by atoms with Crippen LogP contribution in [-0.2, 0) is 9.53 Å². The molecule has 0 spiro atoms. The summed E-state index contributed by atoms with van der Waals surface area (Å²) < 4.78 is 36.4. The fourth-order valence-electron chi connectivity index (χ4n) is 4.67. The number of anilines is 2. The van der Waals surface area contributed by atoms with Crippen molar-refractivity contribution in [3.8, 4) is 0 Å². The van der Waals surface area contributed by atoms with Crippen LogP contribution in [0.2, 0.25) is 0 Å². The van der Waals surface area contributed by atoms with Crippen LogP contribution in [-0.4, -0.2) is 94.3 Å². The number of nitrogens with one attached hydrogen (secondary N) is 1. The van der Waals surface area contributed by atoms with E-state index in [1.807, 2.05) is 0 Å². The van der Waals surface area contributed by atoms with Crippen molar-refractivity contribution in [2.75, 3.05) is 55.7 Å². The minimum absolute atomic E-state index is 0.00767. The molecule has 0 bridgehead atoms. The molecular formula is C24H25F2N7O5. The van der Waals surface area contributed by atoms with Gasteiger partial charge in [-0.2, -0.15) is 0 Å². The molecule has 2 saturated heterocycles. The third-order valence-corrected chi connectivity index (χ3v) is 6.56. The minimum Gasteiger partial charge on any atom is -0.441 e. The van der Waals surface area contributed by atoms with E-state index >= 15 is 0 Å². The van der Waals surface area contributed by atoms with Crippen molar-refractivity contribution in [1.82, 2.24) is 24.6 Å². The first kappa shape index (κ1) is 25.3. The first-order chi connectivity index (χ1) is 18.3. The number of halogens is 2. The highest BCUT2D eigenvalue weighted by Gasteiger charge is 2.34. The molecule has 1 atom stereocenters. The Kier molecular flexibility index (Phi) is 6.80. The number of amides is 3. The smallest absolute Gasteiger partial charge is 0.414 e. The highest BCUT2D eigenvalue weighted by molar-refractivity contribution is 5.96. The Morgan fingerprint density at radius 3 is 2.55 bits per heavy atom. The van der Waals surface area contributed by atoms with Crippen molar-refractivity contribution in [2.45, 2.75) is 13.0 Å². The van der Waals surface area contributed by atoms with Crippen molar-refractivity contribution < 1.29 is 33.0 Å². The molecule has 2 aromatic heterocycles. The summed E-state index contributed by atoms with van der Waals surface area (Å²) in [5, 5.41) is 11.8. The van der Waals surface area contributed by atoms with E-state index in [0.29, 0.717) is 17.0 Å². The van der Waals surface area contributed by atoms with Crippen LogP contribution in [0.25, 0.3) is 5.65 Å². The van der Waals surface area contributed by atoms with Gasteiger partial charge in [0, 0.05) is 50.7 Å². The average Bonchev–Trinajstić information content (AvgIpc) is 3.45. The number of fused-ring (bicyclic) bond motifs is 1. The number of aromatic nitrogens is 3. The lowest BCUT2D eigenvalue weighted by atomic mass is 10.2. The predicted octanol–water partition coefficient (Wildman–Crippen LogP) is 0.712. The van der Waals surface area contributed by atoms with E-state index in [1.54, 1.807) is 17.5 Å². The maximum atomic E-state index is 14.9. The lowest BCUT2D eigenvalue weighted by Crippen LogP contribution is -2.51. The molecular weight excluding hydrogens is 504 g/mol. The van der Waals surface area contributed by atoms with E-state index in [4.69, 9.17) is 4.74 Å². The van der Waals surface area contributed by atoms with E-state index in [0.717, 1.165) is 17.0 Å². The summed E-state index contributed by atoms with van der Waals surface area (Å²) in [4.78, 5) is 49.7. The average molecular weight is 530 g/mol. The van der Waals surface area contributed by atoms with Gasteiger partial charge in [-0.25, -0.2) is 18.6 Å². The van der Waals surface area contributed by atoms with Gasteiger partial charge in [-0.05, 0) is 6.92 Å². The second kappa shape index (κ2) is 10.2. The molecule has 3 amide bonds. The molecule has 0 radical (unpaired) electrons. The molecule has 0 aliphatic carbocycles. The van der Waals surface area contributed by atoms with Crippen LogP contribution < -0.4 is 15.1 Å². The van der Waals surface area contributed by atoms with E-state index < -0.39 is 36.3 Å². The highest BCUT2D eigenvalue weighted by atomic mass is 19.1. The molecule has 12 nitrogen and oxygen atoms in total. The second-order valence-electron chi connectivity index (χ2n) is 8.96. The molecule has 2 aliphatic rings. The molecule has 1 aromatic carbocycles. The van der Waals surface area contributed by atoms with Crippen molar-refractivity contribution in [2.24, 2.45) is 0 Å². The first-order valence-electron chi connectivity index (χ1n) is 11.9. The van der Waals surface area contributed by atoms with Crippen molar-refractivity contribution >= 4 is 34.9 Å². The van der Waals surface area contributed by atoms with Crippen LogP contribution in [0.15, 0.2) is 30.7 Å². The molecule has 5 rings (SSSR count). The van der Waals surface area contributed by atoms with Crippen molar-refractivity contribution in [3.05, 3.63) is 53.7 Å². The Bertz CT molecular complexity index is 1380. The number of carbonyl (C=O) groups excluding carboxylic acids is 3. The normalized spacial score (nSPS) is 17.7. The number of aryl methyl sites for hydroxylation is 1. The summed E-state index contributed by atoms with van der Waals surface area (Å²) in [7, 11) is 0. The van der Waals surface area contributed by atoms with E-state index in [-0.39, 0.29) is 56.6 Å². The standard InChI is InChI=1S/C24H25F2N7O5/c1-14-21(32-3-2-27-10-19(32)29-14)23(36)28-11-20(35)30-4-6-31(7-5-30)22-17(25)8-15(9-18(22)26)33-12-16(13-34)38-24(33)37/h2-3,8-10,16,34H,4-7,11-13H2,1H3,(H,28,36). The quantitative estimate of drug-likeness (QED) is 0.477. The fraction of sp³-hybridized carbons (Fsp3) is 0.375. The zero-order valence-electron chi connectivity index (χ0n) is 20.4. The monoisotopic (exact) mass is 529 g/mol. The fourth-order valence-corrected chi connectivity index (χ4v) is 4.67. The Hall–Kier alpha value is -4.33. The predicted molar refractivity (Wildman–Crippen MR) is 130 cm³/mol. The molecule has 2 N–H and O–H groups in total. The number of aliphatic hydroxyl groups excluding tert-OH is 1. The molecule has 4 heterocycles. The number of cyclic esters (lactones) is 1. The van der Waals surface area contributed by atoms with Crippen molar-refractivity contribution in [1.29, 1.82) is 0 Å². The number of rotatable bonds is 6. The van der Waals surface area contributed by atoms with Gasteiger partial charge >= 0.3 is 6.09 Å². The Labute approximate surface area is 215 Å². The van der Waals surface area contributed by atoms with Crippen LogP contribution in [0.1, 0.15) is 16.2 Å². The largest absolute Gasteiger partial charge is 0.441 e. The van der Waals surface area contributed by atoms with E-state index in [9.17, 15) is 28.3 Å². The summed E-state index contributed by atoms with van der Waals surface area (Å²) in [5.41, 5.74) is 1.06. The number of aliphatic hydroxyl groups is 1. The van der Waals surface area contributed by atoms with Crippen LogP contribution in [0, 0.1) is 18.6 Å². The van der Waals surface area contributed by atoms with Gasteiger partial charge in [-0.15, -0.1) is 0 Å². The maximum Gasteiger partial charge on any atom is 0.414 e. The molecule has 3 aromatic rings. The molecule has 200 valence electrons. The van der Waals surface area contributed by atoms with Gasteiger partial charge in [0.1, 0.15) is 17.5 Å². The number of ether oxygens (including phenoxy) is 1. The van der Waals surface area contributed by atoms with Gasteiger partial charge in [-0.3, -0.25) is 23.9 Å². The summed E-state index contributed by atoms with van der Waals surface area (Å²) in [6, 6.07) is 2.09. The van der Waals surface area contributed by atoms with Gasteiger partial charge in [0.05, 0.1) is 37.3 Å².